The van der Waals surface area contributed by atoms with Gasteiger partial charge in [0.25, 0.3) is 11.9 Å². The maximum absolute atomic E-state index is 11.7. The lowest BCUT2D eigenvalue weighted by Gasteiger charge is -2.06. The summed E-state index contributed by atoms with van der Waals surface area (Å²) in [7, 11) is 0. The van der Waals surface area contributed by atoms with Crippen LogP contribution in [0, 0.1) is 6.92 Å². The van der Waals surface area contributed by atoms with Crippen LogP contribution in [0.1, 0.15) is 33.5 Å². The summed E-state index contributed by atoms with van der Waals surface area (Å²) >= 11 is 0. The van der Waals surface area contributed by atoms with Gasteiger partial charge in [0.1, 0.15) is 0 Å². The predicted octanol–water partition coefficient (Wildman–Crippen LogP) is -0.171. The Morgan fingerprint density at radius 3 is 2.67 bits per heavy atom. The SMILES string of the molecule is CCOC(=O)c1cnc(-n2cc(N)c(C(N)=O)n2)nc1C. The van der Waals surface area contributed by atoms with Crippen LogP contribution < -0.4 is 11.5 Å². The average molecular weight is 290 g/mol. The highest BCUT2D eigenvalue weighted by Gasteiger charge is 2.16. The van der Waals surface area contributed by atoms with Gasteiger partial charge in [0, 0.05) is 6.20 Å². The zero-order valence-electron chi connectivity index (χ0n) is 11.5. The first-order valence-electron chi connectivity index (χ1n) is 6.10. The van der Waals surface area contributed by atoms with Gasteiger partial charge in [0.2, 0.25) is 0 Å². The fourth-order valence-corrected chi connectivity index (χ4v) is 1.66. The second-order valence-electron chi connectivity index (χ2n) is 4.13. The Balaban J connectivity index is 2.38. The zero-order valence-corrected chi connectivity index (χ0v) is 11.5. The van der Waals surface area contributed by atoms with E-state index < -0.39 is 11.9 Å². The number of aryl methyl sites for hydroxylation is 1. The summed E-state index contributed by atoms with van der Waals surface area (Å²) in [6.07, 6.45) is 2.70. The highest BCUT2D eigenvalue weighted by atomic mass is 16.5. The number of amides is 1. The molecule has 0 radical (unpaired) electrons. The first-order valence-corrected chi connectivity index (χ1v) is 6.10. The average Bonchev–Trinajstić information content (AvgIpc) is 2.81. The number of carbonyl (C=O) groups excluding carboxylic acids is 2. The van der Waals surface area contributed by atoms with Gasteiger partial charge >= 0.3 is 5.97 Å². The van der Waals surface area contributed by atoms with E-state index in [9.17, 15) is 9.59 Å². The minimum absolute atomic E-state index is 0.0641. The standard InChI is InChI=1S/C12H14N6O3/c1-3-21-11(20)7-4-15-12(16-6(7)2)18-5-8(13)9(17-18)10(14)19/h4-5H,3,13H2,1-2H3,(H2,14,19). The molecule has 0 spiro atoms. The van der Waals surface area contributed by atoms with E-state index in [-0.39, 0.29) is 29.5 Å². The predicted molar refractivity (Wildman–Crippen MR) is 72.8 cm³/mol. The van der Waals surface area contributed by atoms with Crippen molar-refractivity contribution < 1.29 is 14.3 Å². The monoisotopic (exact) mass is 290 g/mol. The van der Waals surface area contributed by atoms with Gasteiger partial charge in [-0.1, -0.05) is 0 Å². The molecule has 0 aliphatic carbocycles. The van der Waals surface area contributed by atoms with E-state index in [0.29, 0.717) is 5.69 Å². The second kappa shape index (κ2) is 5.57. The molecule has 0 aliphatic heterocycles. The number of hydrogen-bond donors (Lipinski definition) is 2. The first kappa shape index (κ1) is 14.4. The quantitative estimate of drug-likeness (QED) is 0.745. The lowest BCUT2D eigenvalue weighted by atomic mass is 10.2. The summed E-state index contributed by atoms with van der Waals surface area (Å²) in [5.74, 6) is -1.08. The summed E-state index contributed by atoms with van der Waals surface area (Å²) in [5.41, 5.74) is 11.5. The molecular formula is C12H14N6O3. The molecule has 1 amide bonds. The van der Waals surface area contributed by atoms with Gasteiger partial charge in [-0.25, -0.2) is 19.4 Å². The number of nitrogen functional groups attached to an aromatic ring is 1. The van der Waals surface area contributed by atoms with Crippen LogP contribution in [0.15, 0.2) is 12.4 Å². The molecule has 0 atom stereocenters. The number of carbonyl (C=O) groups is 2. The van der Waals surface area contributed by atoms with E-state index in [1.807, 2.05) is 0 Å². The molecule has 21 heavy (non-hydrogen) atoms. The number of ether oxygens (including phenoxy) is 1. The van der Waals surface area contributed by atoms with Crippen molar-refractivity contribution in [1.82, 2.24) is 19.7 Å². The molecule has 2 heterocycles. The molecule has 9 nitrogen and oxygen atoms in total. The van der Waals surface area contributed by atoms with E-state index in [4.69, 9.17) is 16.2 Å². The van der Waals surface area contributed by atoms with E-state index in [2.05, 4.69) is 15.1 Å². The summed E-state index contributed by atoms with van der Waals surface area (Å²) < 4.78 is 6.11. The van der Waals surface area contributed by atoms with Crippen LogP contribution >= 0.6 is 0 Å². The van der Waals surface area contributed by atoms with Gasteiger partial charge in [-0.15, -0.1) is 0 Å². The summed E-state index contributed by atoms with van der Waals surface area (Å²) in [5, 5.41) is 3.91. The molecule has 4 N–H and O–H groups in total. The van der Waals surface area contributed by atoms with Crippen molar-refractivity contribution in [3.8, 4) is 5.95 Å². The van der Waals surface area contributed by atoms with E-state index in [0.717, 1.165) is 0 Å². The fourth-order valence-electron chi connectivity index (χ4n) is 1.66. The van der Waals surface area contributed by atoms with Crippen molar-refractivity contribution in [1.29, 1.82) is 0 Å². The van der Waals surface area contributed by atoms with Crippen molar-refractivity contribution in [3.63, 3.8) is 0 Å². The molecule has 2 aromatic heterocycles. The Labute approximate surface area is 119 Å². The van der Waals surface area contributed by atoms with E-state index >= 15 is 0 Å². The molecule has 2 aromatic rings. The Morgan fingerprint density at radius 1 is 1.43 bits per heavy atom. The van der Waals surface area contributed by atoms with Crippen LogP contribution in [0.5, 0.6) is 0 Å². The van der Waals surface area contributed by atoms with Gasteiger partial charge in [0.15, 0.2) is 5.69 Å². The maximum atomic E-state index is 11.7. The van der Waals surface area contributed by atoms with Crippen LogP contribution in [0.2, 0.25) is 0 Å². The molecule has 0 aliphatic rings. The van der Waals surface area contributed by atoms with Crippen LogP contribution in [0.3, 0.4) is 0 Å². The van der Waals surface area contributed by atoms with Gasteiger partial charge in [-0.2, -0.15) is 5.10 Å². The molecule has 0 saturated carbocycles. The topological polar surface area (TPSA) is 139 Å². The number of aromatic nitrogens is 4. The maximum Gasteiger partial charge on any atom is 0.341 e. The third-order valence-corrected chi connectivity index (χ3v) is 2.64. The number of esters is 1. The Morgan fingerprint density at radius 2 is 2.14 bits per heavy atom. The molecule has 0 saturated heterocycles. The van der Waals surface area contributed by atoms with Crippen molar-refractivity contribution in [3.05, 3.63) is 29.3 Å². The zero-order chi connectivity index (χ0) is 15.6. The van der Waals surface area contributed by atoms with E-state index in [1.54, 1.807) is 13.8 Å². The third-order valence-electron chi connectivity index (χ3n) is 2.64. The minimum Gasteiger partial charge on any atom is -0.462 e. The van der Waals surface area contributed by atoms with Crippen molar-refractivity contribution >= 4 is 17.6 Å². The third kappa shape index (κ3) is 2.81. The fraction of sp³-hybridized carbons (Fsp3) is 0.250. The molecule has 0 unspecified atom stereocenters. The molecule has 0 bridgehead atoms. The molecule has 9 heteroatoms. The summed E-state index contributed by atoms with van der Waals surface area (Å²) in [6.45, 7) is 3.61. The number of hydrogen-bond acceptors (Lipinski definition) is 7. The van der Waals surface area contributed by atoms with Crippen molar-refractivity contribution in [2.75, 3.05) is 12.3 Å². The van der Waals surface area contributed by atoms with Crippen molar-refractivity contribution in [2.24, 2.45) is 5.73 Å². The number of nitrogens with two attached hydrogens (primary N) is 2. The van der Waals surface area contributed by atoms with E-state index in [1.165, 1.54) is 17.1 Å². The van der Waals surface area contributed by atoms with Crippen LogP contribution in [0.4, 0.5) is 5.69 Å². The molecular weight excluding hydrogens is 276 g/mol. The van der Waals surface area contributed by atoms with Crippen LogP contribution in [-0.2, 0) is 4.74 Å². The number of primary amides is 1. The summed E-state index contributed by atoms with van der Waals surface area (Å²) in [6, 6.07) is 0. The van der Waals surface area contributed by atoms with Crippen molar-refractivity contribution in [2.45, 2.75) is 13.8 Å². The number of anilines is 1. The normalized spacial score (nSPS) is 10.4. The highest BCUT2D eigenvalue weighted by molar-refractivity contribution is 5.95. The lowest BCUT2D eigenvalue weighted by Crippen LogP contribution is -2.15. The number of nitrogens with zero attached hydrogens (tertiary/aromatic N) is 4. The van der Waals surface area contributed by atoms with Crippen LogP contribution in [0.25, 0.3) is 5.95 Å². The largest absolute Gasteiger partial charge is 0.462 e. The Hall–Kier alpha value is -2.97. The minimum atomic E-state index is -0.744. The van der Waals surface area contributed by atoms with Gasteiger partial charge in [-0.3, -0.25) is 4.79 Å². The molecule has 0 aromatic carbocycles. The van der Waals surface area contributed by atoms with Gasteiger partial charge in [0.05, 0.1) is 29.7 Å². The molecule has 110 valence electrons. The van der Waals surface area contributed by atoms with Gasteiger partial charge in [-0.05, 0) is 13.8 Å². The molecule has 0 fully saturated rings. The number of rotatable bonds is 4. The highest BCUT2D eigenvalue weighted by Crippen LogP contribution is 2.13. The smallest absolute Gasteiger partial charge is 0.341 e. The van der Waals surface area contributed by atoms with Gasteiger partial charge < -0.3 is 16.2 Å². The second-order valence-corrected chi connectivity index (χ2v) is 4.13. The Kier molecular flexibility index (Phi) is 3.83. The Bertz CT molecular complexity index is 709. The molecule has 2 rings (SSSR count). The first-order chi connectivity index (χ1) is 9.93. The summed E-state index contributed by atoms with van der Waals surface area (Å²) in [4.78, 5) is 30.9. The lowest BCUT2D eigenvalue weighted by molar-refractivity contribution is 0.0524. The van der Waals surface area contributed by atoms with Crippen LogP contribution in [-0.4, -0.2) is 38.2 Å².